The van der Waals surface area contributed by atoms with Crippen LogP contribution in [0.25, 0.3) is 15.2 Å². The minimum absolute atomic E-state index is 0.0624. The van der Waals surface area contributed by atoms with E-state index in [9.17, 15) is 18.8 Å². The maximum atomic E-state index is 14.6. The third-order valence-electron chi connectivity index (χ3n) is 7.56. The largest absolute Gasteiger partial charge is 0.496 e. The Hall–Kier alpha value is -3.88. The summed E-state index contributed by atoms with van der Waals surface area (Å²) in [7, 11) is 1.48. The number of nitrogens with zero attached hydrogens (tertiary/aromatic N) is 5. The maximum Gasteiger partial charge on any atom is 0.332 e. The zero-order valence-electron chi connectivity index (χ0n) is 22.5. The molecule has 1 aromatic carbocycles. The number of halogens is 1. The van der Waals surface area contributed by atoms with Crippen LogP contribution < -0.4 is 21.3 Å². The lowest BCUT2D eigenvalue weighted by molar-refractivity contribution is -0.122. The lowest BCUT2D eigenvalue weighted by Gasteiger charge is -2.29. The monoisotopic (exact) mass is 584 g/mol. The van der Waals surface area contributed by atoms with Gasteiger partial charge in [0.15, 0.2) is 0 Å². The van der Waals surface area contributed by atoms with Crippen molar-refractivity contribution in [2.45, 2.75) is 51.0 Å². The topological polar surface area (TPSA) is 132 Å². The Morgan fingerprint density at radius 1 is 1.17 bits per heavy atom. The van der Waals surface area contributed by atoms with Crippen LogP contribution in [0.15, 0.2) is 40.2 Å². The first-order valence-corrected chi connectivity index (χ1v) is 14.2. The van der Waals surface area contributed by atoms with E-state index >= 15 is 0 Å². The molecule has 216 valence electrons. The summed E-state index contributed by atoms with van der Waals surface area (Å²) in [5, 5.41) is 12.0. The van der Waals surface area contributed by atoms with Crippen molar-refractivity contribution in [3.05, 3.63) is 68.4 Å². The van der Waals surface area contributed by atoms with Crippen molar-refractivity contribution in [1.82, 2.24) is 29.4 Å². The number of amides is 1. The van der Waals surface area contributed by atoms with Gasteiger partial charge in [-0.25, -0.2) is 13.8 Å². The summed E-state index contributed by atoms with van der Waals surface area (Å²) in [6.45, 7) is 3.10. The van der Waals surface area contributed by atoms with Crippen molar-refractivity contribution in [3.63, 3.8) is 0 Å². The van der Waals surface area contributed by atoms with E-state index in [4.69, 9.17) is 14.2 Å². The first-order valence-electron chi connectivity index (χ1n) is 13.4. The number of rotatable bonds is 8. The first-order chi connectivity index (χ1) is 19.9. The molecule has 1 N–H and O–H groups in total. The number of carbonyl (C=O) groups excluding carboxylic acids is 1. The van der Waals surface area contributed by atoms with Crippen LogP contribution >= 0.6 is 11.3 Å². The van der Waals surface area contributed by atoms with E-state index in [1.54, 1.807) is 6.92 Å². The SMILES string of the molecule is COc1ccc(F)cc1[C@H](Cn1c(=O)n([C@H]2CCNC2=O)c(=O)c2c(C)c(-n3nccn3)sc21)OC1CCOCC1. The minimum Gasteiger partial charge on any atom is -0.496 e. The second kappa shape index (κ2) is 11.2. The fourth-order valence-corrected chi connectivity index (χ4v) is 6.73. The normalized spacial score (nSPS) is 18.6. The van der Waals surface area contributed by atoms with Crippen LogP contribution in [0, 0.1) is 12.7 Å². The molecule has 5 heterocycles. The van der Waals surface area contributed by atoms with E-state index in [0.29, 0.717) is 65.7 Å². The third kappa shape index (κ3) is 4.96. The second-order valence-corrected chi connectivity index (χ2v) is 11.0. The van der Waals surface area contributed by atoms with Gasteiger partial charge >= 0.3 is 5.69 Å². The Kier molecular flexibility index (Phi) is 7.45. The van der Waals surface area contributed by atoms with Gasteiger partial charge in [0.05, 0.1) is 37.5 Å². The molecule has 0 bridgehead atoms. The van der Waals surface area contributed by atoms with E-state index in [2.05, 4.69) is 15.5 Å². The van der Waals surface area contributed by atoms with Crippen LogP contribution in [0.4, 0.5) is 4.39 Å². The number of fused-ring (bicyclic) bond motifs is 1. The Labute approximate surface area is 237 Å². The van der Waals surface area contributed by atoms with E-state index in [0.717, 1.165) is 4.57 Å². The Morgan fingerprint density at radius 3 is 2.61 bits per heavy atom. The molecule has 2 saturated heterocycles. The summed E-state index contributed by atoms with van der Waals surface area (Å²) in [4.78, 5) is 42.5. The highest BCUT2D eigenvalue weighted by Gasteiger charge is 2.33. The zero-order chi connectivity index (χ0) is 28.7. The van der Waals surface area contributed by atoms with Crippen LogP contribution in [0.3, 0.4) is 0 Å². The summed E-state index contributed by atoms with van der Waals surface area (Å²) in [5.74, 6) is -0.468. The number of benzene rings is 1. The fraction of sp³-hybridized carbons (Fsp3) is 0.444. The van der Waals surface area contributed by atoms with Crippen molar-refractivity contribution in [2.75, 3.05) is 26.9 Å². The number of thiophene rings is 1. The summed E-state index contributed by atoms with van der Waals surface area (Å²) in [6.07, 6.45) is 3.59. The molecule has 41 heavy (non-hydrogen) atoms. The van der Waals surface area contributed by atoms with Gasteiger partial charge in [0.1, 0.15) is 33.5 Å². The zero-order valence-corrected chi connectivity index (χ0v) is 23.4. The summed E-state index contributed by atoms with van der Waals surface area (Å²) in [5.41, 5.74) is -0.197. The molecule has 14 heteroatoms. The fourth-order valence-electron chi connectivity index (χ4n) is 5.51. The second-order valence-electron chi connectivity index (χ2n) is 10.0. The molecule has 0 spiro atoms. The van der Waals surface area contributed by atoms with E-state index < -0.39 is 35.1 Å². The Balaban J connectivity index is 1.57. The van der Waals surface area contributed by atoms with E-state index in [1.165, 1.54) is 58.4 Å². The number of aryl methyl sites for hydroxylation is 1. The molecule has 4 aromatic rings. The number of carbonyl (C=O) groups is 1. The number of hydrogen-bond donors (Lipinski definition) is 1. The van der Waals surface area contributed by atoms with Crippen molar-refractivity contribution in [2.24, 2.45) is 0 Å². The van der Waals surface area contributed by atoms with Crippen molar-refractivity contribution >= 4 is 27.5 Å². The molecule has 1 amide bonds. The standard InChI is InChI=1S/C27H29FN6O6S/c1-15-22-24(36)33(19-5-8-29-23(19)35)27(37)32(26(22)41-25(15)34-30-9-10-31-34)14-21(40-17-6-11-39-12-7-17)18-13-16(28)3-4-20(18)38-2/h3-4,9-10,13,17,19,21H,5-8,11-12,14H2,1-2H3,(H,29,35)/t19-,21-/m0/s1. The van der Waals surface area contributed by atoms with Crippen LogP contribution in [0.5, 0.6) is 5.75 Å². The molecule has 2 aliphatic rings. The summed E-state index contributed by atoms with van der Waals surface area (Å²) >= 11 is 1.19. The molecule has 3 aromatic heterocycles. The molecule has 0 saturated carbocycles. The van der Waals surface area contributed by atoms with Gasteiger partial charge in [-0.3, -0.25) is 14.2 Å². The Morgan fingerprint density at radius 2 is 1.93 bits per heavy atom. The van der Waals surface area contributed by atoms with Crippen LogP contribution in [-0.2, 0) is 20.8 Å². The van der Waals surface area contributed by atoms with Gasteiger partial charge in [-0.1, -0.05) is 11.3 Å². The summed E-state index contributed by atoms with van der Waals surface area (Å²) < 4.78 is 34.6. The number of methoxy groups -OCH3 is 1. The van der Waals surface area contributed by atoms with E-state index in [1.807, 2.05) is 0 Å². The molecule has 0 unspecified atom stereocenters. The molecular weight excluding hydrogens is 555 g/mol. The predicted molar refractivity (Wildman–Crippen MR) is 147 cm³/mol. The molecule has 2 fully saturated rings. The predicted octanol–water partition coefficient (Wildman–Crippen LogP) is 2.26. The highest BCUT2D eigenvalue weighted by Crippen LogP contribution is 2.35. The molecule has 2 aliphatic heterocycles. The molecule has 0 radical (unpaired) electrons. The van der Waals surface area contributed by atoms with Crippen LogP contribution in [0.2, 0.25) is 0 Å². The molecule has 2 atom stereocenters. The molecule has 12 nitrogen and oxygen atoms in total. The summed E-state index contributed by atoms with van der Waals surface area (Å²) in [6, 6.07) is 3.20. The number of aromatic nitrogens is 5. The van der Waals surface area contributed by atoms with Gasteiger partial charge in [0.2, 0.25) is 5.91 Å². The van der Waals surface area contributed by atoms with Gasteiger partial charge in [0, 0.05) is 30.9 Å². The van der Waals surface area contributed by atoms with Gasteiger partial charge in [-0.2, -0.15) is 10.2 Å². The van der Waals surface area contributed by atoms with Crippen molar-refractivity contribution in [3.8, 4) is 10.8 Å². The van der Waals surface area contributed by atoms with Gasteiger partial charge < -0.3 is 19.5 Å². The third-order valence-corrected chi connectivity index (χ3v) is 8.84. The van der Waals surface area contributed by atoms with Gasteiger partial charge in [-0.05, 0) is 44.4 Å². The maximum absolute atomic E-state index is 14.6. The molecular formula is C27H29FN6O6S. The smallest absolute Gasteiger partial charge is 0.332 e. The molecule has 0 aliphatic carbocycles. The lowest BCUT2D eigenvalue weighted by atomic mass is 10.1. The quantitative estimate of drug-likeness (QED) is 0.334. The number of nitrogens with one attached hydrogen (secondary N) is 1. The highest BCUT2D eigenvalue weighted by molar-refractivity contribution is 7.21. The number of ether oxygens (including phenoxy) is 3. The minimum atomic E-state index is -0.949. The van der Waals surface area contributed by atoms with Gasteiger partial charge in [0.25, 0.3) is 5.56 Å². The van der Waals surface area contributed by atoms with Crippen molar-refractivity contribution in [1.29, 1.82) is 0 Å². The van der Waals surface area contributed by atoms with Gasteiger partial charge in [-0.15, -0.1) is 4.80 Å². The Bertz CT molecular complexity index is 1710. The highest BCUT2D eigenvalue weighted by atomic mass is 32.1. The first kappa shape index (κ1) is 27.3. The van der Waals surface area contributed by atoms with Crippen LogP contribution in [0.1, 0.15) is 42.5 Å². The van der Waals surface area contributed by atoms with E-state index in [-0.39, 0.29) is 18.0 Å². The average Bonchev–Trinajstić information content (AvgIpc) is 3.72. The van der Waals surface area contributed by atoms with Crippen LogP contribution in [-0.4, -0.2) is 63.0 Å². The lowest BCUT2D eigenvalue weighted by Crippen LogP contribution is -2.44. The average molecular weight is 585 g/mol. The number of hydrogen-bond acceptors (Lipinski definition) is 9. The molecule has 6 rings (SSSR count). The van der Waals surface area contributed by atoms with Crippen molar-refractivity contribution < 1.29 is 23.4 Å².